The van der Waals surface area contributed by atoms with E-state index in [1.165, 1.54) is 33.1 Å². The third kappa shape index (κ3) is 4.10. The highest BCUT2D eigenvalue weighted by Gasteiger charge is 2.36. The first-order valence-corrected chi connectivity index (χ1v) is 12.0. The van der Waals surface area contributed by atoms with Crippen LogP contribution in [0.3, 0.4) is 0 Å². The molecule has 2 aromatic carbocycles. The zero-order valence-corrected chi connectivity index (χ0v) is 20.5. The Bertz CT molecular complexity index is 1310. The SMILES string of the molecule is COc1cc([C@@H](c2sc3ncnn3c2O)[NH+]2CCN(c3ccccc3F)CC2)cc(OC)c1OC. The molecule has 1 aliphatic rings. The van der Waals surface area contributed by atoms with Crippen molar-refractivity contribution in [1.82, 2.24) is 14.6 Å². The van der Waals surface area contributed by atoms with Crippen LogP contribution in [0.1, 0.15) is 16.5 Å². The molecule has 1 atom stereocenters. The summed E-state index contributed by atoms with van der Waals surface area (Å²) in [5.41, 5.74) is 1.51. The van der Waals surface area contributed by atoms with Gasteiger partial charge in [0.05, 0.1) is 53.2 Å². The van der Waals surface area contributed by atoms with Gasteiger partial charge in [0.1, 0.15) is 17.0 Å². The molecule has 2 N–H and O–H groups in total. The van der Waals surface area contributed by atoms with Gasteiger partial charge >= 0.3 is 0 Å². The fourth-order valence-electron chi connectivity index (χ4n) is 4.75. The number of rotatable bonds is 7. The van der Waals surface area contributed by atoms with Crippen LogP contribution in [0.4, 0.5) is 10.1 Å². The first kappa shape index (κ1) is 23.2. The Kier molecular flexibility index (Phi) is 6.35. The van der Waals surface area contributed by atoms with Gasteiger partial charge in [0, 0.05) is 5.56 Å². The number of hydrogen-bond donors (Lipinski definition) is 2. The average Bonchev–Trinajstić information content (AvgIpc) is 3.47. The Balaban J connectivity index is 1.55. The van der Waals surface area contributed by atoms with Crippen LogP contribution in [0.25, 0.3) is 4.96 Å². The van der Waals surface area contributed by atoms with Crippen molar-refractivity contribution in [2.75, 3.05) is 52.4 Å². The van der Waals surface area contributed by atoms with Crippen molar-refractivity contribution in [2.45, 2.75) is 6.04 Å². The van der Waals surface area contributed by atoms with Crippen LogP contribution < -0.4 is 24.0 Å². The minimum absolute atomic E-state index is 0.0604. The van der Waals surface area contributed by atoms with E-state index in [1.807, 2.05) is 24.3 Å². The maximum absolute atomic E-state index is 14.4. The molecule has 4 aromatic rings. The second kappa shape index (κ2) is 9.59. The molecule has 0 amide bonds. The molecule has 1 aliphatic heterocycles. The Morgan fingerprint density at radius 1 is 1.06 bits per heavy atom. The molecule has 0 spiro atoms. The minimum Gasteiger partial charge on any atom is -0.493 e. The summed E-state index contributed by atoms with van der Waals surface area (Å²) in [6, 6.07) is 10.4. The van der Waals surface area contributed by atoms with Crippen LogP contribution >= 0.6 is 11.3 Å². The van der Waals surface area contributed by atoms with Crippen LogP contribution in [0.2, 0.25) is 0 Å². The Morgan fingerprint density at radius 3 is 2.34 bits per heavy atom. The molecule has 9 nitrogen and oxygen atoms in total. The van der Waals surface area contributed by atoms with Crippen molar-refractivity contribution in [3.05, 3.63) is 59.0 Å². The molecule has 0 unspecified atom stereocenters. The molecule has 1 fully saturated rings. The van der Waals surface area contributed by atoms with E-state index in [4.69, 9.17) is 14.2 Å². The van der Waals surface area contributed by atoms with Crippen molar-refractivity contribution in [3.63, 3.8) is 0 Å². The molecule has 184 valence electrons. The monoisotopic (exact) mass is 500 g/mol. The van der Waals surface area contributed by atoms with Gasteiger partial charge in [-0.05, 0) is 24.3 Å². The lowest BCUT2D eigenvalue weighted by molar-refractivity contribution is -0.925. The van der Waals surface area contributed by atoms with Gasteiger partial charge < -0.3 is 29.1 Å². The fraction of sp³-hybridized carbons (Fsp3) is 0.333. The second-order valence-electron chi connectivity index (χ2n) is 8.23. The molecule has 0 radical (unpaired) electrons. The van der Waals surface area contributed by atoms with Gasteiger partial charge in [-0.2, -0.15) is 9.61 Å². The van der Waals surface area contributed by atoms with E-state index in [1.54, 1.807) is 27.4 Å². The van der Waals surface area contributed by atoms with Gasteiger partial charge in [0.15, 0.2) is 17.5 Å². The third-order valence-electron chi connectivity index (χ3n) is 6.43. The highest BCUT2D eigenvalue weighted by atomic mass is 32.1. The smallest absolute Gasteiger partial charge is 0.235 e. The number of benzene rings is 2. The summed E-state index contributed by atoms with van der Waals surface area (Å²) >= 11 is 1.40. The summed E-state index contributed by atoms with van der Waals surface area (Å²) in [6.45, 7) is 2.78. The van der Waals surface area contributed by atoms with Crippen molar-refractivity contribution in [1.29, 1.82) is 0 Å². The predicted octanol–water partition coefficient (Wildman–Crippen LogP) is 2.16. The number of nitrogens with one attached hydrogen (secondary N) is 1. The predicted molar refractivity (Wildman–Crippen MR) is 130 cm³/mol. The van der Waals surface area contributed by atoms with Crippen molar-refractivity contribution in [3.8, 4) is 23.1 Å². The quantitative estimate of drug-likeness (QED) is 0.402. The van der Waals surface area contributed by atoms with Crippen LogP contribution in [0.5, 0.6) is 23.1 Å². The van der Waals surface area contributed by atoms with Crippen molar-refractivity contribution in [2.24, 2.45) is 0 Å². The Labute approximate surface area is 205 Å². The first-order chi connectivity index (χ1) is 17.0. The fourth-order valence-corrected chi connectivity index (χ4v) is 5.87. The lowest BCUT2D eigenvalue weighted by Crippen LogP contribution is -3.15. The number of ether oxygens (including phenoxy) is 3. The molecule has 35 heavy (non-hydrogen) atoms. The largest absolute Gasteiger partial charge is 0.493 e. The van der Waals surface area contributed by atoms with E-state index in [9.17, 15) is 9.50 Å². The van der Waals surface area contributed by atoms with E-state index in [0.717, 1.165) is 23.5 Å². The second-order valence-corrected chi connectivity index (χ2v) is 9.24. The van der Waals surface area contributed by atoms with Crippen LogP contribution in [-0.2, 0) is 0 Å². The topological polar surface area (TPSA) is 85.8 Å². The summed E-state index contributed by atoms with van der Waals surface area (Å²) in [6.07, 6.45) is 1.42. The molecule has 1 saturated heterocycles. The summed E-state index contributed by atoms with van der Waals surface area (Å²) in [5, 5.41) is 15.2. The number of hydrogen-bond acceptors (Lipinski definition) is 8. The maximum atomic E-state index is 14.4. The van der Waals surface area contributed by atoms with E-state index in [0.29, 0.717) is 41.0 Å². The average molecular weight is 501 g/mol. The van der Waals surface area contributed by atoms with Crippen LogP contribution in [0, 0.1) is 5.82 Å². The number of thiazole rings is 1. The lowest BCUT2D eigenvalue weighted by atomic mass is 10.0. The minimum atomic E-state index is -0.250. The lowest BCUT2D eigenvalue weighted by Gasteiger charge is -2.37. The molecule has 0 saturated carbocycles. The molecule has 5 rings (SSSR count). The highest BCUT2D eigenvalue weighted by Crippen LogP contribution is 2.42. The number of aromatic nitrogens is 3. The third-order valence-corrected chi connectivity index (χ3v) is 7.53. The summed E-state index contributed by atoms with van der Waals surface area (Å²) in [7, 11) is 4.73. The molecule has 11 heteroatoms. The number of piperazine rings is 1. The highest BCUT2D eigenvalue weighted by molar-refractivity contribution is 7.17. The molecule has 2 aromatic heterocycles. The molecule has 0 bridgehead atoms. The zero-order valence-electron chi connectivity index (χ0n) is 19.7. The number of para-hydroxylation sites is 1. The van der Waals surface area contributed by atoms with Crippen LogP contribution in [0.15, 0.2) is 42.7 Å². The Morgan fingerprint density at radius 2 is 1.74 bits per heavy atom. The molecule has 0 aliphatic carbocycles. The van der Waals surface area contributed by atoms with E-state index in [-0.39, 0.29) is 17.7 Å². The first-order valence-electron chi connectivity index (χ1n) is 11.2. The number of methoxy groups -OCH3 is 3. The van der Waals surface area contributed by atoms with Crippen molar-refractivity contribution >= 4 is 22.0 Å². The van der Waals surface area contributed by atoms with Gasteiger partial charge in [-0.25, -0.2) is 9.37 Å². The number of halogens is 1. The summed E-state index contributed by atoms with van der Waals surface area (Å²) in [5.74, 6) is 1.42. The number of nitrogens with zero attached hydrogens (tertiary/aromatic N) is 4. The molecule has 3 heterocycles. The van der Waals surface area contributed by atoms with E-state index >= 15 is 0 Å². The molecular formula is C24H27FN5O4S+. The molecular weight excluding hydrogens is 473 g/mol. The number of aromatic hydroxyl groups is 1. The normalized spacial score (nSPS) is 15.4. The Hall–Kier alpha value is -3.57. The zero-order chi connectivity index (χ0) is 24.5. The number of quaternary nitrogens is 1. The number of anilines is 1. The number of fused-ring (bicyclic) bond motifs is 1. The summed E-state index contributed by atoms with van der Waals surface area (Å²) in [4.78, 5) is 8.89. The van der Waals surface area contributed by atoms with Crippen molar-refractivity contribution < 1.29 is 28.6 Å². The van der Waals surface area contributed by atoms with Gasteiger partial charge in [0.2, 0.25) is 16.6 Å². The van der Waals surface area contributed by atoms with Gasteiger partial charge in [-0.1, -0.05) is 23.5 Å². The summed E-state index contributed by atoms with van der Waals surface area (Å²) < 4.78 is 32.6. The van der Waals surface area contributed by atoms with Crippen LogP contribution in [-0.4, -0.2) is 67.2 Å². The standard InChI is InChI=1S/C24H26FN5O4S/c1-32-18-12-15(13-19(33-2)21(18)34-3)20(22-23(31)30-24(35-22)26-14-27-30)29-10-8-28(9-11-29)17-7-5-4-6-16(17)25/h4-7,12-14,20,31H,8-11H2,1-3H3/p+1/t20-/m0/s1. The van der Waals surface area contributed by atoms with Gasteiger partial charge in [-0.15, -0.1) is 0 Å². The van der Waals surface area contributed by atoms with E-state index in [2.05, 4.69) is 15.0 Å². The maximum Gasteiger partial charge on any atom is 0.235 e. The van der Waals surface area contributed by atoms with Gasteiger partial charge in [0.25, 0.3) is 0 Å². The van der Waals surface area contributed by atoms with Gasteiger partial charge in [-0.3, -0.25) is 0 Å². The van der Waals surface area contributed by atoms with E-state index < -0.39 is 0 Å².